The molecule has 0 atom stereocenters. The van der Waals surface area contributed by atoms with E-state index in [1.807, 2.05) is 48.5 Å². The molecule has 0 unspecified atom stereocenters. The van der Waals surface area contributed by atoms with Crippen molar-refractivity contribution >= 4 is 27.5 Å². The molecule has 0 radical (unpaired) electrons. The summed E-state index contributed by atoms with van der Waals surface area (Å²) < 4.78 is 0.745. The lowest BCUT2D eigenvalue weighted by Gasteiger charge is -2.07. The van der Waals surface area contributed by atoms with Crippen LogP contribution < -0.4 is 5.32 Å². The first kappa shape index (κ1) is 14.4. The summed E-state index contributed by atoms with van der Waals surface area (Å²) >= 11 is 3.36. The molecule has 1 heterocycles. The molecule has 0 aliphatic heterocycles. The van der Waals surface area contributed by atoms with E-state index in [1.54, 1.807) is 18.5 Å². The smallest absolute Gasteiger partial charge is 0.256 e. The molecule has 2 aromatic carbocycles. The third-order valence-electron chi connectivity index (χ3n) is 3.06. The Labute approximate surface area is 136 Å². The number of aromatic nitrogens is 2. The minimum Gasteiger partial charge on any atom is -0.319 e. The van der Waals surface area contributed by atoms with Gasteiger partial charge >= 0.3 is 0 Å². The van der Waals surface area contributed by atoms with Gasteiger partial charge in [0, 0.05) is 10.0 Å². The zero-order chi connectivity index (χ0) is 15.4. The van der Waals surface area contributed by atoms with E-state index in [0.717, 1.165) is 10.0 Å². The highest BCUT2D eigenvalue weighted by molar-refractivity contribution is 9.10. The second-order valence-corrected chi connectivity index (χ2v) is 5.45. The van der Waals surface area contributed by atoms with Crippen LogP contribution in [-0.2, 0) is 0 Å². The first-order valence-electron chi connectivity index (χ1n) is 6.67. The van der Waals surface area contributed by atoms with Gasteiger partial charge in [0.15, 0.2) is 5.82 Å². The summed E-state index contributed by atoms with van der Waals surface area (Å²) in [5.74, 6) is 0.419. The average Bonchev–Trinajstić information content (AvgIpc) is 2.57. The molecule has 0 saturated carbocycles. The van der Waals surface area contributed by atoms with Crippen molar-refractivity contribution in [2.45, 2.75) is 0 Å². The van der Waals surface area contributed by atoms with Crippen molar-refractivity contribution in [3.8, 4) is 11.4 Å². The van der Waals surface area contributed by atoms with Crippen LogP contribution in [0.15, 0.2) is 71.5 Å². The largest absolute Gasteiger partial charge is 0.319 e. The first-order chi connectivity index (χ1) is 10.7. The van der Waals surface area contributed by atoms with Gasteiger partial charge in [0.1, 0.15) is 0 Å². The number of nitrogens with one attached hydrogen (secondary N) is 1. The minimum atomic E-state index is -0.205. The van der Waals surface area contributed by atoms with Crippen molar-refractivity contribution in [1.29, 1.82) is 0 Å². The molecule has 22 heavy (non-hydrogen) atoms. The zero-order valence-electron chi connectivity index (χ0n) is 11.5. The fraction of sp³-hybridized carbons (Fsp3) is 0. The quantitative estimate of drug-likeness (QED) is 0.769. The fourth-order valence-electron chi connectivity index (χ4n) is 1.97. The van der Waals surface area contributed by atoms with Crippen molar-refractivity contribution in [3.05, 3.63) is 77.0 Å². The van der Waals surface area contributed by atoms with Crippen LogP contribution in [0.25, 0.3) is 11.4 Å². The maximum absolute atomic E-state index is 12.2. The Balaban J connectivity index is 1.77. The number of benzene rings is 2. The van der Waals surface area contributed by atoms with Gasteiger partial charge in [-0.1, -0.05) is 42.5 Å². The molecule has 1 amide bonds. The third-order valence-corrected chi connectivity index (χ3v) is 3.75. The van der Waals surface area contributed by atoms with Crippen molar-refractivity contribution in [3.63, 3.8) is 0 Å². The maximum Gasteiger partial charge on any atom is 0.256 e. The summed E-state index contributed by atoms with van der Waals surface area (Å²) in [5.41, 5.74) is 2.06. The number of nitrogens with zero attached hydrogens (tertiary/aromatic N) is 2. The average molecular weight is 354 g/mol. The van der Waals surface area contributed by atoms with E-state index in [4.69, 9.17) is 0 Å². The SMILES string of the molecule is O=C(Nc1cnc(-c2ccccc2)nc1)c1ccccc1Br. The second-order valence-electron chi connectivity index (χ2n) is 4.60. The Hall–Kier alpha value is -2.53. The van der Waals surface area contributed by atoms with Gasteiger partial charge in [-0.15, -0.1) is 0 Å². The molecule has 3 aromatic rings. The number of halogens is 1. The number of hydrogen-bond donors (Lipinski definition) is 1. The molecular formula is C17H12BrN3O. The van der Waals surface area contributed by atoms with E-state index in [2.05, 4.69) is 31.2 Å². The van der Waals surface area contributed by atoms with Crippen LogP contribution in [0.5, 0.6) is 0 Å². The van der Waals surface area contributed by atoms with Gasteiger partial charge in [-0.05, 0) is 28.1 Å². The van der Waals surface area contributed by atoms with E-state index in [9.17, 15) is 4.79 Å². The second kappa shape index (κ2) is 6.49. The number of carbonyl (C=O) groups excluding carboxylic acids is 1. The fourth-order valence-corrected chi connectivity index (χ4v) is 2.44. The van der Waals surface area contributed by atoms with Crippen LogP contribution in [-0.4, -0.2) is 15.9 Å². The Morgan fingerprint density at radius 2 is 1.55 bits per heavy atom. The van der Waals surface area contributed by atoms with Crippen LogP contribution in [0.1, 0.15) is 10.4 Å². The molecule has 0 aliphatic carbocycles. The van der Waals surface area contributed by atoms with Gasteiger partial charge in [-0.25, -0.2) is 9.97 Å². The van der Waals surface area contributed by atoms with E-state index in [-0.39, 0.29) is 5.91 Å². The van der Waals surface area contributed by atoms with Gasteiger partial charge in [0.05, 0.1) is 23.6 Å². The highest BCUT2D eigenvalue weighted by Crippen LogP contribution is 2.18. The molecule has 0 spiro atoms. The van der Waals surface area contributed by atoms with Gasteiger partial charge in [-0.2, -0.15) is 0 Å². The normalized spacial score (nSPS) is 10.2. The van der Waals surface area contributed by atoms with Crippen LogP contribution in [0.2, 0.25) is 0 Å². The lowest BCUT2D eigenvalue weighted by atomic mass is 10.2. The molecule has 0 aliphatic rings. The molecule has 0 bridgehead atoms. The Morgan fingerprint density at radius 3 is 2.23 bits per heavy atom. The Bertz CT molecular complexity index is 789. The standard InChI is InChI=1S/C17H12BrN3O/c18-15-9-5-4-8-14(15)17(22)21-13-10-19-16(20-11-13)12-6-2-1-3-7-12/h1-11H,(H,21,22). The summed E-state index contributed by atoms with van der Waals surface area (Å²) in [5, 5.41) is 2.78. The number of hydrogen-bond acceptors (Lipinski definition) is 3. The van der Waals surface area contributed by atoms with Gasteiger partial charge < -0.3 is 5.32 Å². The summed E-state index contributed by atoms with van der Waals surface area (Å²) in [6.07, 6.45) is 3.20. The lowest BCUT2D eigenvalue weighted by molar-refractivity contribution is 0.102. The van der Waals surface area contributed by atoms with Crippen molar-refractivity contribution < 1.29 is 4.79 Å². The van der Waals surface area contributed by atoms with E-state index in [1.165, 1.54) is 0 Å². The minimum absolute atomic E-state index is 0.205. The van der Waals surface area contributed by atoms with E-state index in [0.29, 0.717) is 17.1 Å². The molecule has 5 heteroatoms. The van der Waals surface area contributed by atoms with E-state index >= 15 is 0 Å². The summed E-state index contributed by atoms with van der Waals surface area (Å²) in [6.45, 7) is 0. The molecule has 0 fully saturated rings. The predicted molar refractivity (Wildman–Crippen MR) is 89.6 cm³/mol. The molecule has 1 aromatic heterocycles. The van der Waals surface area contributed by atoms with E-state index < -0.39 is 0 Å². The predicted octanol–water partition coefficient (Wildman–Crippen LogP) is 4.16. The molecule has 108 valence electrons. The molecule has 4 nitrogen and oxygen atoms in total. The zero-order valence-corrected chi connectivity index (χ0v) is 13.1. The molecule has 0 saturated heterocycles. The van der Waals surface area contributed by atoms with Crippen molar-refractivity contribution in [2.24, 2.45) is 0 Å². The van der Waals surface area contributed by atoms with Crippen molar-refractivity contribution in [1.82, 2.24) is 9.97 Å². The molecular weight excluding hydrogens is 342 g/mol. The summed E-state index contributed by atoms with van der Waals surface area (Å²) in [4.78, 5) is 20.8. The number of carbonyl (C=O) groups is 1. The highest BCUT2D eigenvalue weighted by Gasteiger charge is 2.10. The first-order valence-corrected chi connectivity index (χ1v) is 7.47. The Kier molecular flexibility index (Phi) is 4.25. The monoisotopic (exact) mass is 353 g/mol. The summed E-state index contributed by atoms with van der Waals surface area (Å²) in [7, 11) is 0. The topological polar surface area (TPSA) is 54.9 Å². The lowest BCUT2D eigenvalue weighted by Crippen LogP contribution is -2.13. The molecule has 3 rings (SSSR count). The highest BCUT2D eigenvalue weighted by atomic mass is 79.9. The summed E-state index contributed by atoms with van der Waals surface area (Å²) in [6, 6.07) is 16.9. The van der Waals surface area contributed by atoms with Crippen LogP contribution in [0.4, 0.5) is 5.69 Å². The number of amides is 1. The van der Waals surface area contributed by atoms with Crippen LogP contribution >= 0.6 is 15.9 Å². The van der Waals surface area contributed by atoms with Crippen LogP contribution in [0.3, 0.4) is 0 Å². The van der Waals surface area contributed by atoms with Crippen LogP contribution in [0, 0.1) is 0 Å². The number of rotatable bonds is 3. The van der Waals surface area contributed by atoms with Crippen molar-refractivity contribution in [2.75, 3.05) is 5.32 Å². The van der Waals surface area contributed by atoms with Gasteiger partial charge in [-0.3, -0.25) is 4.79 Å². The maximum atomic E-state index is 12.2. The van der Waals surface area contributed by atoms with Gasteiger partial charge in [0.25, 0.3) is 5.91 Å². The molecule has 1 N–H and O–H groups in total. The third kappa shape index (κ3) is 3.20. The number of anilines is 1. The Morgan fingerprint density at radius 1 is 0.909 bits per heavy atom. The van der Waals surface area contributed by atoms with Gasteiger partial charge in [0.2, 0.25) is 0 Å².